The maximum atomic E-state index is 4.37. The standard InChI is InChI=1S/C20H19N7/c1-20(2,15-10-21-16-7-4-3-6-14(15)16)13-26-12-17(24-25-26)18-11-22-19-8-5-9-23-27(18)19/h3-12,21H,13H2,1-2H3. The fourth-order valence-corrected chi connectivity index (χ4v) is 3.62. The van der Waals surface area contributed by atoms with Gasteiger partial charge in [0.1, 0.15) is 11.4 Å². The molecule has 0 unspecified atom stereocenters. The summed E-state index contributed by atoms with van der Waals surface area (Å²) in [6.45, 7) is 5.16. The highest BCUT2D eigenvalue weighted by molar-refractivity contribution is 5.84. The molecule has 0 saturated heterocycles. The van der Waals surface area contributed by atoms with Crippen LogP contribution < -0.4 is 0 Å². The number of aromatic nitrogens is 7. The summed E-state index contributed by atoms with van der Waals surface area (Å²) in [5, 5.41) is 14.3. The van der Waals surface area contributed by atoms with Gasteiger partial charge in [-0.1, -0.05) is 37.3 Å². The second-order valence-electron chi connectivity index (χ2n) is 7.37. The first kappa shape index (κ1) is 15.7. The van der Waals surface area contributed by atoms with Crippen molar-refractivity contribution in [3.05, 3.63) is 66.7 Å². The topological polar surface area (TPSA) is 76.7 Å². The highest BCUT2D eigenvalue weighted by Gasteiger charge is 2.25. The van der Waals surface area contributed by atoms with Crippen molar-refractivity contribution in [2.45, 2.75) is 25.8 Å². The zero-order valence-corrected chi connectivity index (χ0v) is 15.2. The molecule has 5 aromatic rings. The molecule has 7 heteroatoms. The van der Waals surface area contributed by atoms with Crippen molar-refractivity contribution in [1.29, 1.82) is 0 Å². The fraction of sp³-hybridized carbons (Fsp3) is 0.200. The molecule has 0 atom stereocenters. The average Bonchev–Trinajstić information content (AvgIpc) is 3.38. The van der Waals surface area contributed by atoms with Gasteiger partial charge in [-0.2, -0.15) is 5.10 Å². The smallest absolute Gasteiger partial charge is 0.154 e. The van der Waals surface area contributed by atoms with E-state index in [1.165, 1.54) is 10.9 Å². The number of para-hydroxylation sites is 1. The Balaban J connectivity index is 1.48. The maximum Gasteiger partial charge on any atom is 0.154 e. The third-order valence-corrected chi connectivity index (χ3v) is 4.95. The van der Waals surface area contributed by atoms with Crippen molar-refractivity contribution in [3.8, 4) is 11.4 Å². The van der Waals surface area contributed by atoms with Crippen molar-refractivity contribution < 1.29 is 0 Å². The van der Waals surface area contributed by atoms with E-state index in [-0.39, 0.29) is 5.41 Å². The Morgan fingerprint density at radius 3 is 2.93 bits per heavy atom. The minimum Gasteiger partial charge on any atom is -0.361 e. The number of aromatic amines is 1. The van der Waals surface area contributed by atoms with Crippen molar-refractivity contribution >= 4 is 16.6 Å². The molecule has 0 saturated carbocycles. The first-order valence-electron chi connectivity index (χ1n) is 8.88. The highest BCUT2D eigenvalue weighted by atomic mass is 15.4. The van der Waals surface area contributed by atoms with E-state index >= 15 is 0 Å². The van der Waals surface area contributed by atoms with Crippen LogP contribution in [0.25, 0.3) is 27.9 Å². The van der Waals surface area contributed by atoms with Gasteiger partial charge in [-0.05, 0) is 23.8 Å². The monoisotopic (exact) mass is 357 g/mol. The van der Waals surface area contributed by atoms with Gasteiger partial charge < -0.3 is 4.98 Å². The zero-order chi connectivity index (χ0) is 18.4. The van der Waals surface area contributed by atoms with Crippen LogP contribution in [0.15, 0.2) is 61.2 Å². The van der Waals surface area contributed by atoms with Gasteiger partial charge in [-0.3, -0.25) is 4.68 Å². The Morgan fingerprint density at radius 2 is 2.00 bits per heavy atom. The Bertz CT molecular complexity index is 1240. The lowest BCUT2D eigenvalue weighted by atomic mass is 9.84. The molecule has 0 aliphatic carbocycles. The molecule has 0 radical (unpaired) electrons. The molecule has 0 amide bonds. The van der Waals surface area contributed by atoms with Gasteiger partial charge in [-0.15, -0.1) is 5.10 Å². The van der Waals surface area contributed by atoms with E-state index in [1.807, 2.05) is 29.1 Å². The summed E-state index contributed by atoms with van der Waals surface area (Å²) in [7, 11) is 0. The maximum absolute atomic E-state index is 4.37. The largest absolute Gasteiger partial charge is 0.361 e. The lowest BCUT2D eigenvalue weighted by Crippen LogP contribution is -2.24. The van der Waals surface area contributed by atoms with Crippen LogP contribution in [0, 0.1) is 0 Å². The van der Waals surface area contributed by atoms with E-state index in [0.717, 1.165) is 22.6 Å². The summed E-state index contributed by atoms with van der Waals surface area (Å²) in [6, 6.07) is 12.2. The van der Waals surface area contributed by atoms with Gasteiger partial charge in [0.15, 0.2) is 5.65 Å². The molecular weight excluding hydrogens is 338 g/mol. The quantitative estimate of drug-likeness (QED) is 0.534. The summed E-state index contributed by atoms with van der Waals surface area (Å²) in [4.78, 5) is 7.74. The van der Waals surface area contributed by atoms with E-state index in [0.29, 0.717) is 6.54 Å². The number of H-pyrrole nitrogens is 1. The minimum atomic E-state index is -0.109. The summed E-state index contributed by atoms with van der Waals surface area (Å²) in [5.41, 5.74) is 4.70. The van der Waals surface area contributed by atoms with E-state index in [4.69, 9.17) is 0 Å². The number of nitrogens with zero attached hydrogens (tertiary/aromatic N) is 6. The molecule has 7 nitrogen and oxygen atoms in total. The zero-order valence-electron chi connectivity index (χ0n) is 15.2. The fourth-order valence-electron chi connectivity index (χ4n) is 3.62. The number of fused-ring (bicyclic) bond motifs is 2. The number of hydrogen-bond donors (Lipinski definition) is 1. The van der Waals surface area contributed by atoms with Crippen LogP contribution in [0.1, 0.15) is 19.4 Å². The number of imidazole rings is 1. The van der Waals surface area contributed by atoms with Gasteiger partial charge in [0.05, 0.1) is 18.9 Å². The molecule has 134 valence electrons. The molecule has 0 fully saturated rings. The van der Waals surface area contributed by atoms with Crippen molar-refractivity contribution in [2.24, 2.45) is 0 Å². The summed E-state index contributed by atoms with van der Waals surface area (Å²) >= 11 is 0. The molecule has 1 aromatic carbocycles. The summed E-state index contributed by atoms with van der Waals surface area (Å²) in [5.74, 6) is 0. The number of benzene rings is 1. The van der Waals surface area contributed by atoms with E-state index in [1.54, 1.807) is 16.9 Å². The molecular formula is C20H19N7. The predicted octanol–water partition coefficient (Wildman–Crippen LogP) is 3.45. The Morgan fingerprint density at radius 1 is 1.11 bits per heavy atom. The van der Waals surface area contributed by atoms with Gasteiger partial charge in [0, 0.05) is 28.7 Å². The van der Waals surface area contributed by atoms with Crippen LogP contribution in [0.5, 0.6) is 0 Å². The van der Waals surface area contributed by atoms with Crippen molar-refractivity contribution in [3.63, 3.8) is 0 Å². The lowest BCUT2D eigenvalue weighted by molar-refractivity contribution is 0.404. The van der Waals surface area contributed by atoms with Crippen LogP contribution >= 0.6 is 0 Å². The molecule has 4 heterocycles. The van der Waals surface area contributed by atoms with Gasteiger partial charge >= 0.3 is 0 Å². The second-order valence-corrected chi connectivity index (χ2v) is 7.37. The molecule has 1 N–H and O–H groups in total. The van der Waals surface area contributed by atoms with Gasteiger partial charge in [0.2, 0.25) is 0 Å². The molecule has 4 aromatic heterocycles. The highest BCUT2D eigenvalue weighted by Crippen LogP contribution is 2.32. The molecule has 0 aliphatic heterocycles. The molecule has 27 heavy (non-hydrogen) atoms. The Hall–Kier alpha value is -3.48. The van der Waals surface area contributed by atoms with Gasteiger partial charge in [0.25, 0.3) is 0 Å². The number of nitrogens with one attached hydrogen (secondary N) is 1. The SMILES string of the molecule is CC(C)(Cn1cc(-c2cnc3cccnn23)nn1)c1c[nH]c2ccccc12. The van der Waals surface area contributed by atoms with Crippen molar-refractivity contribution in [1.82, 2.24) is 34.6 Å². The van der Waals surface area contributed by atoms with E-state index in [2.05, 4.69) is 63.6 Å². The van der Waals surface area contributed by atoms with Crippen LogP contribution in [0.2, 0.25) is 0 Å². The first-order chi connectivity index (χ1) is 13.1. The predicted molar refractivity (Wildman–Crippen MR) is 103 cm³/mol. The van der Waals surface area contributed by atoms with Crippen LogP contribution in [-0.2, 0) is 12.0 Å². The molecule has 0 aliphatic rings. The average molecular weight is 357 g/mol. The molecule has 0 bridgehead atoms. The van der Waals surface area contributed by atoms with Gasteiger partial charge in [-0.25, -0.2) is 9.50 Å². The second kappa shape index (κ2) is 5.77. The summed E-state index contributed by atoms with van der Waals surface area (Å²) in [6.07, 6.45) is 7.57. The Labute approximate surface area is 155 Å². The van der Waals surface area contributed by atoms with E-state index < -0.39 is 0 Å². The van der Waals surface area contributed by atoms with Crippen molar-refractivity contribution in [2.75, 3.05) is 0 Å². The lowest BCUT2D eigenvalue weighted by Gasteiger charge is -2.24. The minimum absolute atomic E-state index is 0.109. The third kappa shape index (κ3) is 2.59. The normalized spacial score (nSPS) is 12.2. The van der Waals surface area contributed by atoms with Crippen LogP contribution in [0.3, 0.4) is 0 Å². The molecule has 5 rings (SSSR count). The first-order valence-corrected chi connectivity index (χ1v) is 8.88. The molecule has 0 spiro atoms. The Kier molecular flexibility index (Phi) is 3.36. The summed E-state index contributed by atoms with van der Waals surface area (Å²) < 4.78 is 3.67. The van der Waals surface area contributed by atoms with Crippen LogP contribution in [0.4, 0.5) is 0 Å². The van der Waals surface area contributed by atoms with E-state index in [9.17, 15) is 0 Å². The third-order valence-electron chi connectivity index (χ3n) is 4.95. The van der Waals surface area contributed by atoms with Crippen LogP contribution in [-0.4, -0.2) is 34.6 Å². The number of rotatable bonds is 4. The number of hydrogen-bond acceptors (Lipinski definition) is 4.